The Balaban J connectivity index is 1.18. The van der Waals surface area contributed by atoms with Crippen LogP contribution >= 0.6 is 0 Å². The van der Waals surface area contributed by atoms with E-state index in [2.05, 4.69) is 26.0 Å². The van der Waals surface area contributed by atoms with Crippen molar-refractivity contribution in [1.82, 2.24) is 24.5 Å². The molecule has 2 aromatic carbocycles. The van der Waals surface area contributed by atoms with Gasteiger partial charge in [0, 0.05) is 61.0 Å². The Hall–Kier alpha value is -3.80. The molecular formula is C27H28N6O2. The lowest BCUT2D eigenvalue weighted by atomic mass is 10.1. The Bertz CT molecular complexity index is 1370. The second-order valence-corrected chi connectivity index (χ2v) is 8.96. The maximum Gasteiger partial charge on any atom is 0.241 e. The summed E-state index contributed by atoms with van der Waals surface area (Å²) in [6.07, 6.45) is 2.32. The van der Waals surface area contributed by atoms with E-state index in [0.717, 1.165) is 53.8 Å². The number of nitrogens with zero attached hydrogens (tertiary/aromatic N) is 6. The number of piperazine rings is 1. The third-order valence-corrected chi connectivity index (χ3v) is 6.60. The van der Waals surface area contributed by atoms with Gasteiger partial charge in [0.25, 0.3) is 0 Å². The number of fused-ring (bicyclic) bond motifs is 1. The van der Waals surface area contributed by atoms with Crippen LogP contribution in [-0.2, 0) is 13.1 Å². The van der Waals surface area contributed by atoms with E-state index in [1.165, 1.54) is 0 Å². The Morgan fingerprint density at radius 3 is 2.60 bits per heavy atom. The number of aromatic nitrogens is 3. The summed E-state index contributed by atoms with van der Waals surface area (Å²) < 4.78 is 7.52. The van der Waals surface area contributed by atoms with E-state index < -0.39 is 0 Å². The number of hydrogen-bond acceptors (Lipinski definition) is 7. The fourth-order valence-electron chi connectivity index (χ4n) is 4.66. The van der Waals surface area contributed by atoms with Gasteiger partial charge in [-0.05, 0) is 18.6 Å². The molecule has 1 aliphatic heterocycles. The molecule has 8 heteroatoms. The van der Waals surface area contributed by atoms with Gasteiger partial charge in [-0.3, -0.25) is 14.6 Å². The van der Waals surface area contributed by atoms with Gasteiger partial charge in [0.1, 0.15) is 0 Å². The summed E-state index contributed by atoms with van der Waals surface area (Å²) in [5.74, 6) is 1.35. The van der Waals surface area contributed by atoms with Crippen molar-refractivity contribution in [3.63, 3.8) is 0 Å². The van der Waals surface area contributed by atoms with Crippen LogP contribution < -0.4 is 0 Å². The van der Waals surface area contributed by atoms with E-state index in [9.17, 15) is 4.79 Å². The summed E-state index contributed by atoms with van der Waals surface area (Å²) in [6.45, 7) is 6.89. The lowest BCUT2D eigenvalue weighted by Crippen LogP contribution is -2.47. The van der Waals surface area contributed by atoms with Crippen LogP contribution in [0.25, 0.3) is 22.3 Å². The fraction of sp³-hybridized carbons (Fsp3) is 0.333. The summed E-state index contributed by atoms with van der Waals surface area (Å²) >= 11 is 0. The lowest BCUT2D eigenvalue weighted by Gasteiger charge is -2.33. The largest absolute Gasteiger partial charge is 0.346 e. The molecule has 3 heterocycles. The molecule has 1 saturated heterocycles. The van der Waals surface area contributed by atoms with E-state index in [4.69, 9.17) is 9.78 Å². The van der Waals surface area contributed by atoms with Crippen molar-refractivity contribution in [2.24, 2.45) is 0 Å². The molecule has 1 fully saturated rings. The lowest BCUT2D eigenvalue weighted by molar-refractivity contribution is 0.0828. The van der Waals surface area contributed by atoms with Crippen LogP contribution in [0.2, 0.25) is 0 Å². The monoisotopic (exact) mass is 468 g/mol. The Morgan fingerprint density at radius 1 is 1.06 bits per heavy atom. The number of nitriles is 1. The van der Waals surface area contributed by atoms with Crippen LogP contribution in [0, 0.1) is 18.3 Å². The minimum absolute atomic E-state index is 0.116. The highest BCUT2D eigenvalue weighted by molar-refractivity contribution is 6.09. The predicted molar refractivity (Wildman–Crippen MR) is 133 cm³/mol. The van der Waals surface area contributed by atoms with Gasteiger partial charge < -0.3 is 9.09 Å². The zero-order valence-corrected chi connectivity index (χ0v) is 19.9. The molecule has 2 aromatic heterocycles. The number of ketones is 1. The molecule has 4 aromatic rings. The highest BCUT2D eigenvalue weighted by Gasteiger charge is 2.23. The molecule has 0 bridgehead atoms. The summed E-state index contributed by atoms with van der Waals surface area (Å²) in [5.41, 5.74) is 3.84. The summed E-state index contributed by atoms with van der Waals surface area (Å²) in [6, 6.07) is 18.1. The van der Waals surface area contributed by atoms with E-state index in [-0.39, 0.29) is 5.78 Å². The molecule has 0 aliphatic carbocycles. The minimum Gasteiger partial charge on any atom is -0.346 e. The first kappa shape index (κ1) is 23.0. The number of carbonyl (C=O) groups is 1. The second-order valence-electron chi connectivity index (χ2n) is 8.96. The van der Waals surface area contributed by atoms with Crippen molar-refractivity contribution >= 4 is 16.7 Å². The average Bonchev–Trinajstić information content (AvgIpc) is 3.49. The zero-order chi connectivity index (χ0) is 24.2. The first-order chi connectivity index (χ1) is 17.1. The molecule has 1 aliphatic rings. The predicted octanol–water partition coefficient (Wildman–Crippen LogP) is 3.91. The van der Waals surface area contributed by atoms with E-state index in [0.29, 0.717) is 37.8 Å². The standard InChI is InChI=1S/C27H28N6O2/c1-20-7-2-3-8-21(20)27-29-26(35-30-27)19-32-15-13-31(14-16-32)18-25(34)23-17-33(12-6-11-28)24-10-5-4-9-22(23)24/h2-5,7-10,17H,6,12-16,18-19H2,1H3. The quantitative estimate of drug-likeness (QED) is 0.362. The molecule has 0 N–H and O–H groups in total. The van der Waals surface area contributed by atoms with Crippen molar-refractivity contribution in [2.75, 3.05) is 32.7 Å². The first-order valence-electron chi connectivity index (χ1n) is 11.9. The zero-order valence-electron chi connectivity index (χ0n) is 19.9. The van der Waals surface area contributed by atoms with Crippen molar-refractivity contribution in [1.29, 1.82) is 5.26 Å². The second kappa shape index (κ2) is 10.2. The molecule has 0 spiro atoms. The third-order valence-electron chi connectivity index (χ3n) is 6.60. The van der Waals surface area contributed by atoms with E-state index in [1.54, 1.807) is 0 Å². The highest BCUT2D eigenvalue weighted by Crippen LogP contribution is 2.23. The fourth-order valence-corrected chi connectivity index (χ4v) is 4.66. The minimum atomic E-state index is 0.116. The van der Waals surface area contributed by atoms with E-state index in [1.807, 2.05) is 66.2 Å². The first-order valence-corrected chi connectivity index (χ1v) is 11.9. The van der Waals surface area contributed by atoms with Crippen LogP contribution in [0.15, 0.2) is 59.3 Å². The Kier molecular flexibility index (Phi) is 6.70. The number of hydrogen-bond donors (Lipinski definition) is 0. The average molecular weight is 469 g/mol. The third kappa shape index (κ3) is 5.02. The molecule has 5 rings (SSSR count). The van der Waals surface area contributed by atoms with Crippen LogP contribution in [0.3, 0.4) is 0 Å². The summed E-state index contributed by atoms with van der Waals surface area (Å²) in [5, 5.41) is 14.1. The van der Waals surface area contributed by atoms with Crippen molar-refractivity contribution in [2.45, 2.75) is 26.4 Å². The normalized spacial score (nSPS) is 14.9. The molecule has 178 valence electrons. The topological polar surface area (TPSA) is 91.2 Å². The smallest absolute Gasteiger partial charge is 0.241 e. The van der Waals surface area contributed by atoms with E-state index >= 15 is 0 Å². The van der Waals surface area contributed by atoms with Crippen LogP contribution in [-0.4, -0.2) is 63.0 Å². The summed E-state index contributed by atoms with van der Waals surface area (Å²) in [4.78, 5) is 22.3. The number of carbonyl (C=O) groups excluding carboxylic acids is 1. The molecule has 0 unspecified atom stereocenters. The van der Waals surface area contributed by atoms with Crippen molar-refractivity contribution < 1.29 is 9.32 Å². The number of para-hydroxylation sites is 1. The summed E-state index contributed by atoms with van der Waals surface area (Å²) in [7, 11) is 0. The van der Waals surface area contributed by atoms with Gasteiger partial charge in [-0.15, -0.1) is 0 Å². The van der Waals surface area contributed by atoms with Gasteiger partial charge in [0.15, 0.2) is 5.78 Å². The maximum absolute atomic E-state index is 13.2. The van der Waals surface area contributed by atoms with Crippen molar-refractivity contribution in [3.05, 3.63) is 71.7 Å². The molecule has 35 heavy (non-hydrogen) atoms. The maximum atomic E-state index is 13.2. The van der Waals surface area contributed by atoms with Crippen LogP contribution in [0.4, 0.5) is 0 Å². The molecule has 0 saturated carbocycles. The number of benzene rings is 2. The van der Waals surface area contributed by atoms with Crippen LogP contribution in [0.5, 0.6) is 0 Å². The Morgan fingerprint density at radius 2 is 1.80 bits per heavy atom. The van der Waals surface area contributed by atoms with Crippen molar-refractivity contribution in [3.8, 4) is 17.5 Å². The molecular weight excluding hydrogens is 440 g/mol. The number of Topliss-reactive ketones (excluding diaryl/α,β-unsaturated/α-hetero) is 1. The SMILES string of the molecule is Cc1ccccc1-c1noc(CN2CCN(CC(=O)c3cn(CCC#N)c4ccccc34)CC2)n1. The van der Waals surface area contributed by atoms with Gasteiger partial charge in [-0.25, -0.2) is 0 Å². The van der Waals surface area contributed by atoms with Gasteiger partial charge >= 0.3 is 0 Å². The number of aryl methyl sites for hydroxylation is 2. The number of rotatable bonds is 8. The molecule has 8 nitrogen and oxygen atoms in total. The van der Waals surface area contributed by atoms with Gasteiger partial charge in [0.2, 0.25) is 11.7 Å². The molecule has 0 amide bonds. The molecule has 0 radical (unpaired) electrons. The van der Waals surface area contributed by atoms with Gasteiger partial charge in [-0.2, -0.15) is 10.2 Å². The van der Waals surface area contributed by atoms with Gasteiger partial charge in [-0.1, -0.05) is 47.6 Å². The van der Waals surface area contributed by atoms with Crippen LogP contribution in [0.1, 0.15) is 28.2 Å². The highest BCUT2D eigenvalue weighted by atomic mass is 16.5. The molecule has 0 atom stereocenters. The Labute approximate surface area is 204 Å². The van der Waals surface area contributed by atoms with Gasteiger partial charge in [0.05, 0.1) is 25.6 Å².